The molecule has 0 spiro atoms. The highest BCUT2D eigenvalue weighted by molar-refractivity contribution is 7.40. The van der Waals surface area contributed by atoms with Crippen LogP contribution >= 0.6 is 8.03 Å². The van der Waals surface area contributed by atoms with Crippen LogP contribution in [0.4, 0.5) is 5.82 Å². The van der Waals surface area contributed by atoms with Crippen molar-refractivity contribution >= 4 is 24.9 Å². The van der Waals surface area contributed by atoms with Gasteiger partial charge in [-0.05, 0) is 36.8 Å². The number of nitrogens with zero attached hydrogens (tertiary/aromatic N) is 3. The molecule has 2 aromatic heterocycles. The maximum Gasteiger partial charge on any atom is 0.511 e. The fraction of sp³-hybridized carbons (Fsp3) is 0.700. The maximum absolute atomic E-state index is 12.6. The molecule has 3 heterocycles. The van der Waals surface area contributed by atoms with Crippen molar-refractivity contribution in [3.63, 3.8) is 0 Å². The van der Waals surface area contributed by atoms with Crippen molar-refractivity contribution in [3.8, 4) is 0 Å². The zero-order valence-electron chi connectivity index (χ0n) is 17.9. The van der Waals surface area contributed by atoms with E-state index in [2.05, 4.69) is 9.97 Å². The third-order valence-electron chi connectivity index (χ3n) is 6.25. The second kappa shape index (κ2) is 9.24. The van der Waals surface area contributed by atoms with Crippen LogP contribution in [0, 0.1) is 0 Å². The fourth-order valence-corrected chi connectivity index (χ4v) is 5.02. The summed E-state index contributed by atoms with van der Waals surface area (Å²) < 4.78 is 26.4. The lowest BCUT2D eigenvalue weighted by Crippen LogP contribution is -2.39. The highest BCUT2D eigenvalue weighted by Gasteiger charge is 2.50. The van der Waals surface area contributed by atoms with Gasteiger partial charge in [0.15, 0.2) is 11.9 Å². The summed E-state index contributed by atoms with van der Waals surface area (Å²) in [6.07, 6.45) is 1.59. The maximum atomic E-state index is 12.6. The first-order valence-corrected chi connectivity index (χ1v) is 11.8. The summed E-state index contributed by atoms with van der Waals surface area (Å²) in [7, 11) is -1.85. The average molecular weight is 439 g/mol. The summed E-state index contributed by atoms with van der Waals surface area (Å²) in [4.78, 5) is 8.21. The Balaban J connectivity index is 1.83. The number of rotatable bonds is 9. The van der Waals surface area contributed by atoms with Gasteiger partial charge in [0.1, 0.15) is 35.6 Å². The third-order valence-corrected chi connectivity index (χ3v) is 7.90. The molecule has 6 atom stereocenters. The number of nitrogen functional groups attached to an aromatic ring is 1. The minimum atomic E-state index is -1.85. The van der Waals surface area contributed by atoms with Crippen molar-refractivity contribution in [1.29, 1.82) is 0 Å². The van der Waals surface area contributed by atoms with Crippen LogP contribution in [-0.4, -0.2) is 54.3 Å². The van der Waals surface area contributed by atoms with E-state index in [0.29, 0.717) is 36.1 Å². The van der Waals surface area contributed by atoms with Crippen LogP contribution in [0.15, 0.2) is 18.6 Å². The summed E-state index contributed by atoms with van der Waals surface area (Å²) in [5, 5.41) is 22.1. The Morgan fingerprint density at radius 1 is 1.30 bits per heavy atom. The largest absolute Gasteiger partial charge is 0.511 e. The number of nitrogens with two attached hydrogens (primary N) is 1. The Labute approximate surface area is 177 Å². The molecule has 3 rings (SSSR count). The summed E-state index contributed by atoms with van der Waals surface area (Å²) in [5.41, 5.74) is 5.66. The number of ether oxygens (including phenoxy) is 1. The summed E-state index contributed by atoms with van der Waals surface area (Å²) in [6.45, 7) is 7.82. The minimum Gasteiger partial charge on any atom is -0.388 e. The molecule has 1 aliphatic heterocycles. The van der Waals surface area contributed by atoms with Crippen molar-refractivity contribution in [2.75, 3.05) is 5.73 Å². The van der Waals surface area contributed by atoms with Gasteiger partial charge in [-0.2, -0.15) is 0 Å². The molecule has 0 aliphatic carbocycles. The number of fused-ring (bicyclic) bond motifs is 1. The van der Waals surface area contributed by atoms with Crippen molar-refractivity contribution in [2.45, 2.75) is 89.2 Å². The number of aliphatic hydroxyl groups is 2. The molecule has 0 radical (unpaired) electrons. The predicted molar refractivity (Wildman–Crippen MR) is 114 cm³/mol. The fourth-order valence-electron chi connectivity index (χ4n) is 3.83. The first-order chi connectivity index (χ1) is 14.3. The molecule has 0 saturated carbocycles. The van der Waals surface area contributed by atoms with Crippen molar-refractivity contribution in [2.24, 2.45) is 0 Å². The van der Waals surface area contributed by atoms with Gasteiger partial charge in [0.2, 0.25) is 0 Å². The number of hydrogen-bond donors (Lipinski definition) is 3. The smallest absolute Gasteiger partial charge is 0.388 e. The average Bonchev–Trinajstić information content (AvgIpc) is 3.29. The van der Waals surface area contributed by atoms with E-state index in [9.17, 15) is 14.8 Å². The molecule has 4 N–H and O–H groups in total. The van der Waals surface area contributed by atoms with Crippen LogP contribution in [0.5, 0.6) is 0 Å². The van der Waals surface area contributed by atoms with E-state index in [4.69, 9.17) is 15.0 Å². The van der Waals surface area contributed by atoms with E-state index in [1.54, 1.807) is 16.8 Å². The summed E-state index contributed by atoms with van der Waals surface area (Å²) >= 11 is 0. The molecule has 1 aliphatic rings. The van der Waals surface area contributed by atoms with Crippen molar-refractivity contribution in [1.82, 2.24) is 14.5 Å². The van der Waals surface area contributed by atoms with Gasteiger partial charge in [-0.1, -0.05) is 20.8 Å². The Hall–Kier alpha value is -1.64. The molecule has 166 valence electrons. The van der Waals surface area contributed by atoms with Crippen molar-refractivity contribution in [3.05, 3.63) is 18.6 Å². The molecule has 0 bridgehead atoms. The zero-order valence-corrected chi connectivity index (χ0v) is 18.8. The van der Waals surface area contributed by atoms with Crippen LogP contribution in [0.25, 0.3) is 11.0 Å². The van der Waals surface area contributed by atoms with Gasteiger partial charge < -0.3 is 25.3 Å². The van der Waals surface area contributed by atoms with E-state index in [1.165, 1.54) is 6.33 Å². The summed E-state index contributed by atoms with van der Waals surface area (Å²) in [5.74, 6) is 0.335. The van der Waals surface area contributed by atoms with Gasteiger partial charge in [0, 0.05) is 12.6 Å². The first kappa shape index (κ1) is 23.0. The van der Waals surface area contributed by atoms with Gasteiger partial charge in [0.25, 0.3) is 0 Å². The van der Waals surface area contributed by atoms with Gasteiger partial charge in [-0.3, -0.25) is 0 Å². The molecule has 0 amide bonds. The Morgan fingerprint density at radius 2 is 2.00 bits per heavy atom. The van der Waals surface area contributed by atoms with Crippen LogP contribution in [0.1, 0.15) is 59.6 Å². The lowest BCUT2D eigenvalue weighted by atomic mass is 9.88. The number of aromatic nitrogens is 3. The van der Waals surface area contributed by atoms with Gasteiger partial charge in [-0.25, -0.2) is 9.97 Å². The topological polar surface area (TPSA) is 133 Å². The van der Waals surface area contributed by atoms with E-state index in [0.717, 1.165) is 6.42 Å². The Bertz CT molecular complexity index is 887. The predicted octanol–water partition coefficient (Wildman–Crippen LogP) is 3.14. The number of hydrogen-bond acceptors (Lipinski definition) is 8. The van der Waals surface area contributed by atoms with Crippen LogP contribution in [0.2, 0.25) is 0 Å². The molecule has 0 aromatic carbocycles. The van der Waals surface area contributed by atoms with E-state index in [-0.39, 0.29) is 5.66 Å². The van der Waals surface area contributed by atoms with E-state index >= 15 is 0 Å². The van der Waals surface area contributed by atoms with E-state index in [1.807, 2.05) is 27.7 Å². The molecule has 30 heavy (non-hydrogen) atoms. The van der Waals surface area contributed by atoms with Gasteiger partial charge >= 0.3 is 8.03 Å². The van der Waals surface area contributed by atoms with Gasteiger partial charge in [-0.15, -0.1) is 4.52 Å². The number of aliphatic hydroxyl groups excluding tert-OH is 2. The van der Waals surface area contributed by atoms with Gasteiger partial charge in [0.05, 0.1) is 11.5 Å². The second-order valence-corrected chi connectivity index (χ2v) is 9.63. The SMILES string of the molecule is CCC(C)[P+](=O)OC(CC)(CC)C[C@H]1OC(n2ccc3c(N)ncnc32)[C@H](O)C1O. The van der Waals surface area contributed by atoms with Crippen molar-refractivity contribution < 1.29 is 24.0 Å². The zero-order chi connectivity index (χ0) is 22.1. The third kappa shape index (κ3) is 4.22. The van der Waals surface area contributed by atoms with E-state index < -0.39 is 38.2 Å². The molecular weight excluding hydrogens is 407 g/mol. The standard InChI is InChI=1S/C20H32N4O5P/c1-5-12(4)30(27)29-20(6-2,7-3)10-14-15(25)16(26)19(28-14)24-9-8-13-17(21)22-11-23-18(13)24/h8-9,11-12,14-16,19,25-26H,5-7,10H2,1-4H3,(H2,21,22,23)/q+1/t12?,14-,15?,16-,19?/m1/s1. The molecule has 1 saturated heterocycles. The molecule has 1 fully saturated rings. The number of anilines is 1. The molecule has 10 heteroatoms. The molecule has 9 nitrogen and oxygen atoms in total. The minimum absolute atomic E-state index is 0.0541. The van der Waals surface area contributed by atoms with Crippen LogP contribution in [0.3, 0.4) is 0 Å². The Morgan fingerprint density at radius 3 is 2.63 bits per heavy atom. The Kier molecular flexibility index (Phi) is 7.09. The van der Waals surface area contributed by atoms with Crippen LogP contribution in [-0.2, 0) is 13.8 Å². The first-order valence-electron chi connectivity index (χ1n) is 10.5. The normalized spacial score (nSPS) is 26.3. The highest BCUT2D eigenvalue weighted by Crippen LogP contribution is 2.44. The summed E-state index contributed by atoms with van der Waals surface area (Å²) in [6, 6.07) is 1.75. The monoisotopic (exact) mass is 439 g/mol. The molecule has 2 aromatic rings. The quantitative estimate of drug-likeness (QED) is 0.508. The molecular formula is C20H32N4O5P+. The second-order valence-electron chi connectivity index (χ2n) is 7.99. The molecule has 4 unspecified atom stereocenters. The highest BCUT2D eigenvalue weighted by atomic mass is 31.1. The lowest BCUT2D eigenvalue weighted by Gasteiger charge is -2.29. The van der Waals surface area contributed by atoms with Crippen LogP contribution < -0.4 is 5.73 Å². The lowest BCUT2D eigenvalue weighted by molar-refractivity contribution is -0.0673.